The number of nitrogens with one attached hydrogen (secondary N) is 1. The molecule has 0 unspecified atom stereocenters. The third-order valence-corrected chi connectivity index (χ3v) is 6.41. The van der Waals surface area contributed by atoms with Crippen LogP contribution in [-0.4, -0.2) is 34.4 Å². The normalized spacial score (nSPS) is 13.4. The largest absolute Gasteiger partial charge is 0.399 e. The van der Waals surface area contributed by atoms with Crippen LogP contribution < -0.4 is 10.5 Å². The number of nitrogen functional groups attached to an aromatic ring is 1. The van der Waals surface area contributed by atoms with Crippen LogP contribution in [0.5, 0.6) is 0 Å². The molecule has 6 nitrogen and oxygen atoms in total. The van der Waals surface area contributed by atoms with E-state index in [1.54, 1.807) is 6.07 Å². The molecule has 0 bridgehead atoms. The summed E-state index contributed by atoms with van der Waals surface area (Å²) in [7, 11) is -7.14. The minimum Gasteiger partial charge on any atom is -0.399 e. The van der Waals surface area contributed by atoms with E-state index in [0.717, 1.165) is 6.26 Å². The van der Waals surface area contributed by atoms with E-state index in [2.05, 4.69) is 4.72 Å². The Kier molecular flexibility index (Phi) is 4.28. The van der Waals surface area contributed by atoms with Gasteiger partial charge in [0.25, 0.3) is 0 Å². The molecular formula is C11H18N2O4S2. The van der Waals surface area contributed by atoms with Crippen molar-refractivity contribution in [3.05, 3.63) is 24.3 Å². The summed E-state index contributed by atoms with van der Waals surface area (Å²) in [6.07, 6.45) is 1.07. The van der Waals surface area contributed by atoms with Crippen molar-refractivity contribution in [3.8, 4) is 0 Å². The Morgan fingerprint density at radius 3 is 2.26 bits per heavy atom. The summed E-state index contributed by atoms with van der Waals surface area (Å²) in [6, 6.07) is 5.80. The second-order valence-electron chi connectivity index (χ2n) is 4.93. The maximum Gasteiger partial charge on any atom is 0.240 e. The van der Waals surface area contributed by atoms with E-state index in [0.29, 0.717) is 5.69 Å². The quantitative estimate of drug-likeness (QED) is 0.764. The van der Waals surface area contributed by atoms with Gasteiger partial charge in [-0.15, -0.1) is 0 Å². The van der Waals surface area contributed by atoms with Crippen molar-refractivity contribution < 1.29 is 16.8 Å². The summed E-state index contributed by atoms with van der Waals surface area (Å²) >= 11 is 0. The number of benzene rings is 1. The first-order valence-corrected chi connectivity index (χ1v) is 8.88. The monoisotopic (exact) mass is 306 g/mol. The first-order chi connectivity index (χ1) is 8.46. The molecule has 3 N–H and O–H groups in total. The summed E-state index contributed by atoms with van der Waals surface area (Å²) in [5.41, 5.74) is 5.84. The van der Waals surface area contributed by atoms with Crippen molar-refractivity contribution in [2.75, 3.05) is 18.5 Å². The predicted molar refractivity (Wildman–Crippen MR) is 75.0 cm³/mol. The van der Waals surface area contributed by atoms with E-state index in [9.17, 15) is 16.8 Å². The Labute approximate surface area is 114 Å². The van der Waals surface area contributed by atoms with Crippen LogP contribution in [0.1, 0.15) is 13.8 Å². The van der Waals surface area contributed by atoms with Crippen molar-refractivity contribution in [3.63, 3.8) is 0 Å². The zero-order chi connectivity index (χ0) is 14.9. The standard InChI is InChI=1S/C11H18N2O4S2/c1-11(2,18(3,14)15)8-13-19(16,17)10-6-4-5-9(12)7-10/h4-7,13H,8,12H2,1-3H3. The highest BCUT2D eigenvalue weighted by molar-refractivity contribution is 7.92. The molecule has 0 aromatic heterocycles. The SMILES string of the molecule is CC(C)(CNS(=O)(=O)c1cccc(N)c1)S(C)(=O)=O. The highest BCUT2D eigenvalue weighted by Crippen LogP contribution is 2.17. The van der Waals surface area contributed by atoms with E-state index in [4.69, 9.17) is 5.73 Å². The molecule has 0 amide bonds. The lowest BCUT2D eigenvalue weighted by Crippen LogP contribution is -2.43. The molecule has 8 heteroatoms. The van der Waals surface area contributed by atoms with Crippen molar-refractivity contribution >= 4 is 25.5 Å². The molecule has 0 radical (unpaired) electrons. The summed E-state index contributed by atoms with van der Waals surface area (Å²) in [5, 5.41) is 0. The molecule has 0 fully saturated rings. The number of anilines is 1. The third-order valence-electron chi connectivity index (χ3n) is 2.86. The number of hydrogen-bond acceptors (Lipinski definition) is 5. The molecule has 19 heavy (non-hydrogen) atoms. The van der Waals surface area contributed by atoms with Crippen LogP contribution >= 0.6 is 0 Å². The van der Waals surface area contributed by atoms with E-state index < -0.39 is 24.6 Å². The van der Waals surface area contributed by atoms with Gasteiger partial charge in [0.2, 0.25) is 10.0 Å². The van der Waals surface area contributed by atoms with Gasteiger partial charge in [-0.05, 0) is 32.0 Å². The molecule has 0 saturated carbocycles. The summed E-state index contributed by atoms with van der Waals surface area (Å²) in [6.45, 7) is 2.72. The number of sulfone groups is 1. The minimum absolute atomic E-state index is 0.0109. The fourth-order valence-electron chi connectivity index (χ4n) is 1.16. The topological polar surface area (TPSA) is 106 Å². The van der Waals surface area contributed by atoms with Crippen molar-refractivity contribution in [1.29, 1.82) is 0 Å². The van der Waals surface area contributed by atoms with Gasteiger partial charge in [0.1, 0.15) is 0 Å². The van der Waals surface area contributed by atoms with Crippen LogP contribution in [0.2, 0.25) is 0 Å². The Morgan fingerprint density at radius 1 is 1.21 bits per heavy atom. The van der Waals surface area contributed by atoms with Gasteiger partial charge in [0.05, 0.1) is 9.64 Å². The minimum atomic E-state index is -3.77. The highest BCUT2D eigenvalue weighted by Gasteiger charge is 2.31. The molecule has 0 saturated heterocycles. The molecular weight excluding hydrogens is 288 g/mol. The fourth-order valence-corrected chi connectivity index (χ4v) is 2.86. The van der Waals surface area contributed by atoms with Crippen LogP contribution in [0.15, 0.2) is 29.2 Å². The van der Waals surface area contributed by atoms with Crippen molar-refractivity contribution in [1.82, 2.24) is 4.72 Å². The average Bonchev–Trinajstić information content (AvgIpc) is 2.25. The maximum absolute atomic E-state index is 12.0. The molecule has 0 spiro atoms. The van der Waals surface area contributed by atoms with E-state index in [1.807, 2.05) is 0 Å². The van der Waals surface area contributed by atoms with Gasteiger partial charge < -0.3 is 5.73 Å². The third kappa shape index (κ3) is 3.92. The smallest absolute Gasteiger partial charge is 0.240 e. The molecule has 1 aromatic rings. The molecule has 1 aromatic carbocycles. The summed E-state index contributed by atoms with van der Waals surface area (Å²) in [4.78, 5) is 0.0109. The molecule has 0 aliphatic heterocycles. The lowest BCUT2D eigenvalue weighted by molar-refractivity contribution is 0.537. The second-order valence-corrected chi connectivity index (χ2v) is 9.35. The van der Waals surface area contributed by atoms with E-state index >= 15 is 0 Å². The molecule has 108 valence electrons. The Bertz CT molecular complexity index is 664. The van der Waals surface area contributed by atoms with E-state index in [1.165, 1.54) is 32.0 Å². The fraction of sp³-hybridized carbons (Fsp3) is 0.455. The highest BCUT2D eigenvalue weighted by atomic mass is 32.2. The maximum atomic E-state index is 12.0. The zero-order valence-electron chi connectivity index (χ0n) is 11.0. The second kappa shape index (κ2) is 5.10. The van der Waals surface area contributed by atoms with Gasteiger partial charge in [0, 0.05) is 18.5 Å². The Balaban J connectivity index is 2.95. The molecule has 0 aliphatic rings. The number of sulfonamides is 1. The van der Waals surface area contributed by atoms with Crippen LogP contribution in [0.4, 0.5) is 5.69 Å². The van der Waals surface area contributed by atoms with Crippen LogP contribution in [0, 0.1) is 0 Å². The van der Waals surface area contributed by atoms with Crippen molar-refractivity contribution in [2.45, 2.75) is 23.5 Å². The molecule has 0 aliphatic carbocycles. The van der Waals surface area contributed by atoms with Gasteiger partial charge in [-0.25, -0.2) is 21.6 Å². The number of hydrogen-bond donors (Lipinski definition) is 2. The Morgan fingerprint density at radius 2 is 1.79 bits per heavy atom. The van der Waals surface area contributed by atoms with Gasteiger partial charge in [0.15, 0.2) is 9.84 Å². The van der Waals surface area contributed by atoms with Gasteiger partial charge in [-0.2, -0.15) is 0 Å². The van der Waals surface area contributed by atoms with Gasteiger partial charge in [-0.1, -0.05) is 6.07 Å². The average molecular weight is 306 g/mol. The van der Waals surface area contributed by atoms with Crippen LogP contribution in [-0.2, 0) is 19.9 Å². The van der Waals surface area contributed by atoms with Gasteiger partial charge >= 0.3 is 0 Å². The van der Waals surface area contributed by atoms with Crippen LogP contribution in [0.3, 0.4) is 0 Å². The lowest BCUT2D eigenvalue weighted by Gasteiger charge is -2.22. The molecule has 1 rings (SSSR count). The van der Waals surface area contributed by atoms with Crippen LogP contribution in [0.25, 0.3) is 0 Å². The van der Waals surface area contributed by atoms with E-state index in [-0.39, 0.29) is 11.4 Å². The summed E-state index contributed by atoms with van der Waals surface area (Å²) in [5.74, 6) is 0. The first kappa shape index (κ1) is 15.9. The van der Waals surface area contributed by atoms with Crippen molar-refractivity contribution in [2.24, 2.45) is 0 Å². The lowest BCUT2D eigenvalue weighted by atomic mass is 10.2. The molecule has 0 heterocycles. The molecule has 0 atom stereocenters. The first-order valence-electron chi connectivity index (χ1n) is 5.50. The Hall–Kier alpha value is -1.12. The van der Waals surface area contributed by atoms with Gasteiger partial charge in [-0.3, -0.25) is 0 Å². The number of rotatable bonds is 5. The predicted octanol–water partition coefficient (Wildman–Crippen LogP) is 0.370. The number of nitrogens with two attached hydrogens (primary N) is 1. The summed E-state index contributed by atoms with van der Waals surface area (Å²) < 4.78 is 48.1. The zero-order valence-corrected chi connectivity index (χ0v) is 12.7.